The molecule has 1 aromatic carbocycles. The van der Waals surface area contributed by atoms with Crippen LogP contribution in [0.15, 0.2) is 46.0 Å². The van der Waals surface area contributed by atoms with Crippen LogP contribution in [-0.4, -0.2) is 18.2 Å². The molecule has 90 valence electrons. The summed E-state index contributed by atoms with van der Waals surface area (Å²) in [6, 6.07) is 8.45. The van der Waals surface area contributed by atoms with Crippen LogP contribution < -0.4 is 4.72 Å². The van der Waals surface area contributed by atoms with Gasteiger partial charge in [-0.1, -0.05) is 12.1 Å². The molecule has 0 fully saturated rings. The number of nitrogens with one attached hydrogen (secondary N) is 1. The molecule has 0 unspecified atom stereocenters. The third-order valence-electron chi connectivity index (χ3n) is 2.17. The van der Waals surface area contributed by atoms with Gasteiger partial charge in [0, 0.05) is 11.5 Å². The zero-order valence-corrected chi connectivity index (χ0v) is 11.4. The first-order valence-electron chi connectivity index (χ1n) is 4.76. The van der Waals surface area contributed by atoms with E-state index in [4.69, 9.17) is 0 Å². The molecule has 0 aliphatic carbocycles. The quantitative estimate of drug-likeness (QED) is 0.942. The maximum absolute atomic E-state index is 12.0. The summed E-state index contributed by atoms with van der Waals surface area (Å²) in [6.45, 7) is 0. The van der Waals surface area contributed by atoms with Crippen molar-refractivity contribution >= 4 is 31.6 Å². The van der Waals surface area contributed by atoms with E-state index in [1.807, 2.05) is 6.07 Å². The summed E-state index contributed by atoms with van der Waals surface area (Å²) in [5, 5.41) is 3.95. The Balaban J connectivity index is 2.37. The molecule has 17 heavy (non-hydrogen) atoms. The number of nitrogens with zero attached hydrogens (tertiary/aromatic N) is 2. The molecule has 0 aliphatic rings. The molecule has 0 bridgehead atoms. The first-order chi connectivity index (χ1) is 8.00. The van der Waals surface area contributed by atoms with Crippen LogP contribution in [0.2, 0.25) is 0 Å². The van der Waals surface area contributed by atoms with E-state index in [1.165, 1.54) is 16.9 Å². The van der Waals surface area contributed by atoms with Gasteiger partial charge in [-0.05, 0) is 34.1 Å². The van der Waals surface area contributed by atoms with Gasteiger partial charge in [-0.15, -0.1) is 0 Å². The summed E-state index contributed by atoms with van der Waals surface area (Å²) >= 11 is 3.28. The van der Waals surface area contributed by atoms with Gasteiger partial charge >= 0.3 is 0 Å². The van der Waals surface area contributed by atoms with Crippen LogP contribution in [0.5, 0.6) is 0 Å². The molecule has 0 spiro atoms. The summed E-state index contributed by atoms with van der Waals surface area (Å²) in [5.74, 6) is 0. The number of anilines is 1. The van der Waals surface area contributed by atoms with Crippen molar-refractivity contribution in [3.8, 4) is 0 Å². The number of hydrogen-bond acceptors (Lipinski definition) is 3. The number of hydrogen-bond donors (Lipinski definition) is 1. The zero-order chi connectivity index (χ0) is 12.5. The molecular formula is C10H10BrN3O2S. The highest BCUT2D eigenvalue weighted by atomic mass is 79.9. The smallest absolute Gasteiger partial charge is 0.277 e. The van der Waals surface area contributed by atoms with Gasteiger partial charge in [0.25, 0.3) is 10.0 Å². The van der Waals surface area contributed by atoms with Crippen LogP contribution in [0.25, 0.3) is 0 Å². The Morgan fingerprint density at radius 3 is 2.59 bits per heavy atom. The lowest BCUT2D eigenvalue weighted by molar-refractivity contribution is 0.582. The molecule has 1 N–H and O–H groups in total. The van der Waals surface area contributed by atoms with Gasteiger partial charge in [-0.25, -0.2) is 0 Å². The average molecular weight is 316 g/mol. The van der Waals surface area contributed by atoms with Gasteiger partial charge < -0.3 is 0 Å². The molecule has 5 nitrogen and oxygen atoms in total. The highest BCUT2D eigenvalue weighted by Gasteiger charge is 2.18. The molecule has 0 saturated heterocycles. The number of rotatable bonds is 3. The molecule has 0 amide bonds. The van der Waals surface area contributed by atoms with Crippen molar-refractivity contribution in [2.75, 3.05) is 4.72 Å². The molecule has 0 saturated carbocycles. The van der Waals surface area contributed by atoms with Crippen LogP contribution in [0, 0.1) is 0 Å². The van der Waals surface area contributed by atoms with E-state index in [1.54, 1.807) is 25.2 Å². The van der Waals surface area contributed by atoms with Crippen molar-refractivity contribution in [2.24, 2.45) is 7.05 Å². The van der Waals surface area contributed by atoms with E-state index >= 15 is 0 Å². The van der Waals surface area contributed by atoms with E-state index in [0.29, 0.717) is 10.2 Å². The predicted molar refractivity (Wildman–Crippen MR) is 68.2 cm³/mol. The zero-order valence-electron chi connectivity index (χ0n) is 8.96. The molecule has 0 aliphatic heterocycles. The van der Waals surface area contributed by atoms with Crippen molar-refractivity contribution < 1.29 is 8.42 Å². The third-order valence-corrected chi connectivity index (χ3v) is 4.30. The first kappa shape index (κ1) is 12.1. The average Bonchev–Trinajstić information content (AvgIpc) is 2.68. The van der Waals surface area contributed by atoms with Crippen LogP contribution >= 0.6 is 15.9 Å². The molecule has 0 radical (unpaired) electrons. The van der Waals surface area contributed by atoms with Crippen molar-refractivity contribution in [1.29, 1.82) is 0 Å². The van der Waals surface area contributed by atoms with Gasteiger partial charge in [0.15, 0.2) is 5.03 Å². The Labute approximate surface area is 108 Å². The fourth-order valence-corrected chi connectivity index (χ4v) is 3.09. The van der Waals surface area contributed by atoms with Crippen LogP contribution in [-0.2, 0) is 17.1 Å². The SMILES string of the molecule is Cn1nccc1S(=O)(=O)Nc1ccccc1Br. The van der Waals surface area contributed by atoms with E-state index in [-0.39, 0.29) is 5.03 Å². The Kier molecular flexibility index (Phi) is 3.21. The minimum atomic E-state index is -3.60. The van der Waals surface area contributed by atoms with Gasteiger partial charge in [0.2, 0.25) is 0 Å². The molecule has 1 aromatic heterocycles. The third kappa shape index (κ3) is 2.50. The van der Waals surface area contributed by atoms with Gasteiger partial charge in [0.05, 0.1) is 11.9 Å². The lowest BCUT2D eigenvalue weighted by Gasteiger charge is -2.09. The Hall–Kier alpha value is -1.34. The van der Waals surface area contributed by atoms with Crippen molar-refractivity contribution in [3.63, 3.8) is 0 Å². The van der Waals surface area contributed by atoms with E-state index in [0.717, 1.165) is 0 Å². The van der Waals surface area contributed by atoms with Gasteiger partial charge in [-0.2, -0.15) is 13.5 Å². The minimum absolute atomic E-state index is 0.119. The highest BCUT2D eigenvalue weighted by molar-refractivity contribution is 9.10. The maximum Gasteiger partial charge on any atom is 0.279 e. The summed E-state index contributed by atoms with van der Waals surface area (Å²) < 4.78 is 28.6. The number of benzene rings is 1. The van der Waals surface area contributed by atoms with Gasteiger partial charge in [0.1, 0.15) is 0 Å². The Morgan fingerprint density at radius 1 is 1.29 bits per heavy atom. The molecule has 2 aromatic rings. The van der Waals surface area contributed by atoms with Crippen LogP contribution in [0.1, 0.15) is 0 Å². The second-order valence-corrected chi connectivity index (χ2v) is 5.86. The normalized spacial score (nSPS) is 11.4. The summed E-state index contributed by atoms with van der Waals surface area (Å²) in [6.07, 6.45) is 1.44. The molecule has 1 heterocycles. The number of halogens is 1. The lowest BCUT2D eigenvalue weighted by atomic mass is 10.3. The number of aromatic nitrogens is 2. The van der Waals surface area contributed by atoms with Crippen molar-refractivity contribution in [1.82, 2.24) is 9.78 Å². The topological polar surface area (TPSA) is 64.0 Å². The highest BCUT2D eigenvalue weighted by Crippen LogP contribution is 2.24. The number of aryl methyl sites for hydroxylation is 1. The summed E-state index contributed by atoms with van der Waals surface area (Å²) in [7, 11) is -2.02. The Morgan fingerprint density at radius 2 is 2.00 bits per heavy atom. The summed E-state index contributed by atoms with van der Waals surface area (Å²) in [5.41, 5.74) is 0.494. The molecule has 2 rings (SSSR count). The maximum atomic E-state index is 12.0. The second-order valence-electron chi connectivity index (χ2n) is 3.38. The monoisotopic (exact) mass is 315 g/mol. The van der Waals surface area contributed by atoms with Gasteiger partial charge in [-0.3, -0.25) is 9.40 Å². The second kappa shape index (κ2) is 4.50. The van der Waals surface area contributed by atoms with Crippen molar-refractivity contribution in [2.45, 2.75) is 5.03 Å². The summed E-state index contributed by atoms with van der Waals surface area (Å²) in [4.78, 5) is 0. The number of para-hydroxylation sites is 1. The number of sulfonamides is 1. The lowest BCUT2D eigenvalue weighted by Crippen LogP contribution is -2.16. The standard InChI is InChI=1S/C10H10BrN3O2S/c1-14-10(6-7-12-14)17(15,16)13-9-5-3-2-4-8(9)11/h2-7,13H,1H3. The molecule has 0 atom stereocenters. The minimum Gasteiger partial charge on any atom is -0.277 e. The molecular weight excluding hydrogens is 306 g/mol. The van der Waals surface area contributed by atoms with Crippen LogP contribution in [0.3, 0.4) is 0 Å². The fourth-order valence-electron chi connectivity index (χ4n) is 1.37. The first-order valence-corrected chi connectivity index (χ1v) is 7.04. The molecule has 7 heteroatoms. The van der Waals surface area contributed by atoms with Crippen molar-refractivity contribution in [3.05, 3.63) is 41.0 Å². The van der Waals surface area contributed by atoms with Crippen LogP contribution in [0.4, 0.5) is 5.69 Å². The predicted octanol–water partition coefficient (Wildman–Crippen LogP) is 1.98. The van der Waals surface area contributed by atoms with E-state index < -0.39 is 10.0 Å². The van der Waals surface area contributed by atoms with E-state index in [9.17, 15) is 8.42 Å². The van der Waals surface area contributed by atoms with E-state index in [2.05, 4.69) is 25.8 Å². The largest absolute Gasteiger partial charge is 0.279 e. The Bertz CT molecular complexity index is 637. The fraction of sp³-hybridized carbons (Fsp3) is 0.100.